The van der Waals surface area contributed by atoms with Gasteiger partial charge < -0.3 is 10.2 Å². The van der Waals surface area contributed by atoms with Gasteiger partial charge in [-0.2, -0.15) is 4.72 Å². The van der Waals surface area contributed by atoms with Crippen LogP contribution in [0.5, 0.6) is 0 Å². The van der Waals surface area contributed by atoms with Gasteiger partial charge in [0.05, 0.1) is 6.42 Å². The Hall–Kier alpha value is -2.07. The molecule has 10 heteroatoms. The maximum atomic E-state index is 13.3. The number of halogens is 2. The molecule has 110 valence electrons. The van der Waals surface area contributed by atoms with Crippen molar-refractivity contribution in [2.24, 2.45) is 0 Å². The second-order valence-electron chi connectivity index (χ2n) is 3.68. The molecule has 0 amide bonds. The highest BCUT2D eigenvalue weighted by Crippen LogP contribution is 2.16. The summed E-state index contributed by atoms with van der Waals surface area (Å²) in [6.07, 6.45) is -1.03. The van der Waals surface area contributed by atoms with Gasteiger partial charge in [-0.1, -0.05) is 0 Å². The fourth-order valence-electron chi connectivity index (χ4n) is 1.30. The molecule has 0 aliphatic rings. The van der Waals surface area contributed by atoms with E-state index < -0.39 is 51.0 Å². The van der Waals surface area contributed by atoms with Crippen LogP contribution in [0.25, 0.3) is 0 Å². The second-order valence-corrected chi connectivity index (χ2v) is 5.37. The molecule has 0 heterocycles. The molecule has 7 nitrogen and oxygen atoms in total. The SMILES string of the molecule is O=C(O)C[C@@H](NS(=O)(=O)c1ccc(F)cc1F)C(=O)O. The summed E-state index contributed by atoms with van der Waals surface area (Å²) in [6, 6.07) is -0.388. The summed E-state index contributed by atoms with van der Waals surface area (Å²) in [4.78, 5) is 20.2. The molecule has 0 saturated carbocycles. The quantitative estimate of drug-likeness (QED) is 0.689. The van der Waals surface area contributed by atoms with E-state index in [4.69, 9.17) is 10.2 Å². The monoisotopic (exact) mass is 309 g/mol. The Kier molecular flexibility index (Phi) is 4.73. The fourth-order valence-corrected chi connectivity index (χ4v) is 2.55. The summed E-state index contributed by atoms with van der Waals surface area (Å²) >= 11 is 0. The van der Waals surface area contributed by atoms with Crippen LogP contribution < -0.4 is 4.72 Å². The van der Waals surface area contributed by atoms with Gasteiger partial charge in [0, 0.05) is 6.07 Å². The Morgan fingerprint density at radius 2 is 1.85 bits per heavy atom. The number of hydrogen-bond acceptors (Lipinski definition) is 4. The number of nitrogens with one attached hydrogen (secondary N) is 1. The first-order valence-electron chi connectivity index (χ1n) is 5.05. The fraction of sp³-hybridized carbons (Fsp3) is 0.200. The zero-order chi connectivity index (χ0) is 15.5. The van der Waals surface area contributed by atoms with Crippen molar-refractivity contribution in [3.8, 4) is 0 Å². The Morgan fingerprint density at radius 1 is 1.25 bits per heavy atom. The van der Waals surface area contributed by atoms with Crippen molar-refractivity contribution in [3.05, 3.63) is 29.8 Å². The molecule has 1 aromatic rings. The third-order valence-electron chi connectivity index (χ3n) is 2.16. The van der Waals surface area contributed by atoms with Gasteiger partial charge in [-0.25, -0.2) is 17.2 Å². The molecule has 0 fully saturated rings. The number of carbonyl (C=O) groups is 2. The minimum atomic E-state index is -4.63. The molecule has 0 unspecified atom stereocenters. The number of carboxylic acid groups (broad SMARTS) is 2. The number of rotatable bonds is 6. The van der Waals surface area contributed by atoms with E-state index >= 15 is 0 Å². The topological polar surface area (TPSA) is 121 Å². The standard InChI is InChI=1S/C10H9F2NO6S/c11-5-1-2-8(6(12)3-5)20(18,19)13-7(10(16)17)4-9(14)15/h1-3,7,13H,4H2,(H,14,15)(H,16,17)/t7-/m1/s1. The average molecular weight is 309 g/mol. The van der Waals surface area contributed by atoms with Gasteiger partial charge >= 0.3 is 11.9 Å². The van der Waals surface area contributed by atoms with E-state index in [0.717, 1.165) is 0 Å². The number of sulfonamides is 1. The van der Waals surface area contributed by atoms with Crippen molar-refractivity contribution < 1.29 is 37.0 Å². The van der Waals surface area contributed by atoms with Crippen LogP contribution in [0.1, 0.15) is 6.42 Å². The van der Waals surface area contributed by atoms with Crippen LogP contribution in [-0.4, -0.2) is 36.6 Å². The molecule has 3 N–H and O–H groups in total. The molecule has 0 saturated heterocycles. The van der Waals surface area contributed by atoms with E-state index in [9.17, 15) is 26.8 Å². The number of hydrogen-bond donors (Lipinski definition) is 3. The van der Waals surface area contributed by atoms with Gasteiger partial charge in [0.15, 0.2) is 0 Å². The van der Waals surface area contributed by atoms with Crippen molar-refractivity contribution in [2.75, 3.05) is 0 Å². The van der Waals surface area contributed by atoms with Crippen molar-refractivity contribution >= 4 is 22.0 Å². The first-order chi connectivity index (χ1) is 9.13. The molecule has 0 radical (unpaired) electrons. The highest BCUT2D eigenvalue weighted by atomic mass is 32.2. The van der Waals surface area contributed by atoms with Crippen LogP contribution >= 0.6 is 0 Å². The van der Waals surface area contributed by atoms with Crippen LogP contribution in [0.15, 0.2) is 23.1 Å². The van der Waals surface area contributed by atoms with Crippen molar-refractivity contribution in [1.82, 2.24) is 4.72 Å². The van der Waals surface area contributed by atoms with Crippen LogP contribution in [0.2, 0.25) is 0 Å². The van der Waals surface area contributed by atoms with Crippen molar-refractivity contribution in [2.45, 2.75) is 17.4 Å². The molecule has 0 spiro atoms. The van der Waals surface area contributed by atoms with E-state index in [-0.39, 0.29) is 0 Å². The molecule has 20 heavy (non-hydrogen) atoms. The minimum Gasteiger partial charge on any atom is -0.481 e. The van der Waals surface area contributed by atoms with Gasteiger partial charge in [-0.3, -0.25) is 9.59 Å². The zero-order valence-corrected chi connectivity index (χ0v) is 10.5. The van der Waals surface area contributed by atoms with E-state index in [2.05, 4.69) is 0 Å². The molecule has 1 rings (SSSR count). The molecule has 0 bridgehead atoms. The summed E-state index contributed by atoms with van der Waals surface area (Å²) in [5.74, 6) is -5.73. The molecular weight excluding hydrogens is 300 g/mol. The Balaban J connectivity index is 3.09. The highest BCUT2D eigenvalue weighted by Gasteiger charge is 2.29. The largest absolute Gasteiger partial charge is 0.481 e. The Labute approximate surface area is 111 Å². The first-order valence-corrected chi connectivity index (χ1v) is 6.54. The second kappa shape index (κ2) is 5.92. The van der Waals surface area contributed by atoms with Crippen LogP contribution in [-0.2, 0) is 19.6 Å². The van der Waals surface area contributed by atoms with E-state index in [1.54, 1.807) is 0 Å². The summed E-state index contributed by atoms with van der Waals surface area (Å²) in [5.41, 5.74) is 0. The zero-order valence-electron chi connectivity index (χ0n) is 9.71. The maximum Gasteiger partial charge on any atom is 0.322 e. The van der Waals surface area contributed by atoms with Gasteiger partial charge in [-0.05, 0) is 12.1 Å². The van der Waals surface area contributed by atoms with Gasteiger partial charge in [0.25, 0.3) is 0 Å². The molecule has 1 aromatic carbocycles. The summed E-state index contributed by atoms with van der Waals surface area (Å²) in [6.45, 7) is 0. The minimum absolute atomic E-state index is 0.307. The van der Waals surface area contributed by atoms with E-state index in [1.165, 1.54) is 4.72 Å². The predicted octanol–water partition coefficient (Wildman–Crippen LogP) is 0.171. The average Bonchev–Trinajstić information content (AvgIpc) is 2.26. The highest BCUT2D eigenvalue weighted by molar-refractivity contribution is 7.89. The summed E-state index contributed by atoms with van der Waals surface area (Å²) in [7, 11) is -4.63. The maximum absolute atomic E-state index is 13.3. The van der Waals surface area contributed by atoms with Crippen molar-refractivity contribution in [3.63, 3.8) is 0 Å². The summed E-state index contributed by atoms with van der Waals surface area (Å²) < 4.78 is 51.0. The lowest BCUT2D eigenvalue weighted by atomic mass is 10.2. The lowest BCUT2D eigenvalue weighted by Gasteiger charge is -2.13. The molecule has 0 aliphatic heterocycles. The van der Waals surface area contributed by atoms with Crippen LogP contribution in [0.4, 0.5) is 8.78 Å². The Bertz CT molecular complexity index is 645. The van der Waals surface area contributed by atoms with E-state index in [0.29, 0.717) is 18.2 Å². The molecule has 0 aliphatic carbocycles. The third-order valence-corrected chi connectivity index (χ3v) is 3.66. The summed E-state index contributed by atoms with van der Waals surface area (Å²) in [5, 5.41) is 17.2. The van der Waals surface area contributed by atoms with Gasteiger partial charge in [-0.15, -0.1) is 0 Å². The van der Waals surface area contributed by atoms with Crippen LogP contribution in [0, 0.1) is 11.6 Å². The van der Waals surface area contributed by atoms with Crippen LogP contribution in [0.3, 0.4) is 0 Å². The predicted molar refractivity (Wildman–Crippen MR) is 60.4 cm³/mol. The molecular formula is C10H9F2NO6S. The Morgan fingerprint density at radius 3 is 2.30 bits per heavy atom. The molecule has 1 atom stereocenters. The normalized spacial score (nSPS) is 12.9. The first kappa shape index (κ1) is 16.0. The lowest BCUT2D eigenvalue weighted by Crippen LogP contribution is -2.42. The number of benzene rings is 1. The van der Waals surface area contributed by atoms with Crippen molar-refractivity contribution in [1.29, 1.82) is 0 Å². The van der Waals surface area contributed by atoms with E-state index in [1.807, 2.05) is 0 Å². The smallest absolute Gasteiger partial charge is 0.322 e. The molecule has 0 aromatic heterocycles. The number of carboxylic acids is 2. The van der Waals surface area contributed by atoms with Gasteiger partial charge in [0.2, 0.25) is 10.0 Å². The lowest BCUT2D eigenvalue weighted by molar-refractivity contribution is -0.145. The third kappa shape index (κ3) is 3.96. The number of aliphatic carboxylic acids is 2. The van der Waals surface area contributed by atoms with Gasteiger partial charge in [0.1, 0.15) is 22.6 Å².